The summed E-state index contributed by atoms with van der Waals surface area (Å²) < 4.78 is 5.76. The molecule has 92 valence electrons. The van der Waals surface area contributed by atoms with E-state index >= 15 is 0 Å². The number of hydrogen-bond acceptors (Lipinski definition) is 1. The van der Waals surface area contributed by atoms with E-state index in [9.17, 15) is 0 Å². The predicted molar refractivity (Wildman–Crippen MR) is 68.1 cm³/mol. The van der Waals surface area contributed by atoms with Gasteiger partial charge in [-0.25, -0.2) is 0 Å². The van der Waals surface area contributed by atoms with Gasteiger partial charge >= 0.3 is 0 Å². The topological polar surface area (TPSA) is 9.23 Å². The molecule has 0 aromatic heterocycles. The van der Waals surface area contributed by atoms with Crippen LogP contribution in [0, 0.1) is 23.7 Å². The zero-order valence-corrected chi connectivity index (χ0v) is 11.5. The number of ether oxygens (including phenoxy) is 1. The highest BCUT2D eigenvalue weighted by molar-refractivity contribution is 4.57. The Morgan fingerprint density at radius 3 is 1.27 bits per heavy atom. The molecule has 0 bridgehead atoms. The van der Waals surface area contributed by atoms with Gasteiger partial charge in [-0.05, 0) is 36.5 Å². The molecular weight excluding hydrogens is 184 g/mol. The molecule has 15 heavy (non-hydrogen) atoms. The first-order valence-electron chi connectivity index (χ1n) is 6.49. The Hall–Kier alpha value is -0.0400. The molecule has 2 atom stereocenters. The molecule has 0 amide bonds. The molecule has 0 fully saturated rings. The van der Waals surface area contributed by atoms with E-state index in [1.807, 2.05) is 0 Å². The summed E-state index contributed by atoms with van der Waals surface area (Å²) in [6.45, 7) is 15.5. The minimum atomic E-state index is 0.705. The Balaban J connectivity index is 3.44. The molecule has 0 saturated heterocycles. The third-order valence-electron chi connectivity index (χ3n) is 2.55. The van der Waals surface area contributed by atoms with Crippen LogP contribution in [0.1, 0.15) is 54.4 Å². The van der Waals surface area contributed by atoms with E-state index in [1.54, 1.807) is 0 Å². The molecule has 0 heterocycles. The largest absolute Gasteiger partial charge is 0.381 e. The van der Waals surface area contributed by atoms with Crippen molar-refractivity contribution in [3.05, 3.63) is 0 Å². The first-order chi connectivity index (χ1) is 6.91. The summed E-state index contributed by atoms with van der Waals surface area (Å²) >= 11 is 0. The molecule has 2 unspecified atom stereocenters. The fraction of sp³-hybridized carbons (Fsp3) is 1.00. The second-order valence-electron chi connectivity index (χ2n) is 6.01. The monoisotopic (exact) mass is 214 g/mol. The molecule has 0 aliphatic rings. The summed E-state index contributed by atoms with van der Waals surface area (Å²) in [5.41, 5.74) is 0. The van der Waals surface area contributed by atoms with Gasteiger partial charge in [-0.1, -0.05) is 41.5 Å². The zero-order valence-electron chi connectivity index (χ0n) is 11.5. The van der Waals surface area contributed by atoms with E-state index in [1.165, 1.54) is 12.8 Å². The van der Waals surface area contributed by atoms with E-state index in [2.05, 4.69) is 41.5 Å². The van der Waals surface area contributed by atoms with Crippen LogP contribution < -0.4 is 0 Å². The molecule has 0 rings (SSSR count). The third-order valence-corrected chi connectivity index (χ3v) is 2.55. The van der Waals surface area contributed by atoms with Crippen molar-refractivity contribution in [3.63, 3.8) is 0 Å². The van der Waals surface area contributed by atoms with Gasteiger partial charge in [0.05, 0.1) is 0 Å². The molecule has 0 aliphatic heterocycles. The Bertz CT molecular complexity index is 124. The average molecular weight is 214 g/mol. The number of hydrogen-bond donors (Lipinski definition) is 0. The molecule has 0 N–H and O–H groups in total. The fourth-order valence-corrected chi connectivity index (χ4v) is 2.22. The lowest BCUT2D eigenvalue weighted by Crippen LogP contribution is -2.14. The van der Waals surface area contributed by atoms with E-state index in [0.29, 0.717) is 11.8 Å². The molecule has 1 heteroatoms. The van der Waals surface area contributed by atoms with Crippen molar-refractivity contribution in [2.45, 2.75) is 54.4 Å². The van der Waals surface area contributed by atoms with E-state index < -0.39 is 0 Å². The van der Waals surface area contributed by atoms with Crippen LogP contribution in [0.5, 0.6) is 0 Å². The minimum Gasteiger partial charge on any atom is -0.381 e. The minimum absolute atomic E-state index is 0.705. The van der Waals surface area contributed by atoms with Crippen molar-refractivity contribution >= 4 is 0 Å². The van der Waals surface area contributed by atoms with Gasteiger partial charge < -0.3 is 4.74 Å². The van der Waals surface area contributed by atoms with Gasteiger partial charge in [-0.3, -0.25) is 0 Å². The van der Waals surface area contributed by atoms with E-state index in [-0.39, 0.29) is 0 Å². The first-order valence-corrected chi connectivity index (χ1v) is 6.49. The van der Waals surface area contributed by atoms with Gasteiger partial charge in [0, 0.05) is 13.2 Å². The van der Waals surface area contributed by atoms with Crippen molar-refractivity contribution in [1.82, 2.24) is 0 Å². The van der Waals surface area contributed by atoms with Gasteiger partial charge in [-0.2, -0.15) is 0 Å². The van der Waals surface area contributed by atoms with Crippen molar-refractivity contribution in [2.75, 3.05) is 13.2 Å². The normalized spacial score (nSPS) is 16.0. The van der Waals surface area contributed by atoms with Crippen LogP contribution >= 0.6 is 0 Å². The Morgan fingerprint density at radius 2 is 1.00 bits per heavy atom. The van der Waals surface area contributed by atoms with Gasteiger partial charge in [0.2, 0.25) is 0 Å². The highest BCUT2D eigenvalue weighted by atomic mass is 16.5. The van der Waals surface area contributed by atoms with Crippen molar-refractivity contribution in [2.24, 2.45) is 23.7 Å². The van der Waals surface area contributed by atoms with Crippen LogP contribution in [0.2, 0.25) is 0 Å². The summed E-state index contributed by atoms with van der Waals surface area (Å²) in [6.07, 6.45) is 2.55. The van der Waals surface area contributed by atoms with E-state index in [4.69, 9.17) is 4.74 Å². The first kappa shape index (κ1) is 15.0. The van der Waals surface area contributed by atoms with Crippen molar-refractivity contribution in [3.8, 4) is 0 Å². The highest BCUT2D eigenvalue weighted by Crippen LogP contribution is 2.14. The molecule has 0 aromatic rings. The average Bonchev–Trinajstić information content (AvgIpc) is 2.00. The predicted octanol–water partition coefficient (Wildman–Crippen LogP) is 4.37. The van der Waals surface area contributed by atoms with Crippen LogP contribution in [0.4, 0.5) is 0 Å². The van der Waals surface area contributed by atoms with Crippen LogP contribution in [0.3, 0.4) is 0 Å². The third kappa shape index (κ3) is 10.2. The lowest BCUT2D eigenvalue weighted by atomic mass is 9.99. The molecule has 0 radical (unpaired) electrons. The standard InChI is InChI=1S/C14H30O/c1-11(2)7-13(5)9-15-10-14(6)8-12(3)4/h11-14H,7-10H2,1-6H3. The van der Waals surface area contributed by atoms with Crippen LogP contribution in [-0.4, -0.2) is 13.2 Å². The second kappa shape index (κ2) is 8.15. The van der Waals surface area contributed by atoms with Crippen LogP contribution in [0.15, 0.2) is 0 Å². The van der Waals surface area contributed by atoms with Gasteiger partial charge in [-0.15, -0.1) is 0 Å². The maximum absolute atomic E-state index is 5.76. The molecule has 0 aliphatic carbocycles. The van der Waals surface area contributed by atoms with Crippen LogP contribution in [0.25, 0.3) is 0 Å². The second-order valence-corrected chi connectivity index (χ2v) is 6.01. The Kier molecular flexibility index (Phi) is 8.13. The summed E-state index contributed by atoms with van der Waals surface area (Å²) in [5, 5.41) is 0. The maximum Gasteiger partial charge on any atom is 0.0491 e. The zero-order chi connectivity index (χ0) is 11.8. The maximum atomic E-state index is 5.76. The highest BCUT2D eigenvalue weighted by Gasteiger charge is 2.08. The quantitative estimate of drug-likeness (QED) is 0.583. The Labute approximate surface area is 96.6 Å². The van der Waals surface area contributed by atoms with Gasteiger partial charge in [0.15, 0.2) is 0 Å². The smallest absolute Gasteiger partial charge is 0.0491 e. The molecular formula is C14H30O. The van der Waals surface area contributed by atoms with Gasteiger partial charge in [0.1, 0.15) is 0 Å². The van der Waals surface area contributed by atoms with E-state index in [0.717, 1.165) is 25.0 Å². The molecule has 0 spiro atoms. The summed E-state index contributed by atoms with van der Waals surface area (Å²) in [4.78, 5) is 0. The lowest BCUT2D eigenvalue weighted by Gasteiger charge is -2.17. The fourth-order valence-electron chi connectivity index (χ4n) is 2.22. The number of rotatable bonds is 8. The molecule has 0 saturated carbocycles. The van der Waals surface area contributed by atoms with Gasteiger partial charge in [0.25, 0.3) is 0 Å². The van der Waals surface area contributed by atoms with Crippen molar-refractivity contribution < 1.29 is 4.74 Å². The SMILES string of the molecule is CC(C)CC(C)COCC(C)CC(C)C. The molecule has 0 aromatic carbocycles. The lowest BCUT2D eigenvalue weighted by molar-refractivity contribution is 0.0692. The Morgan fingerprint density at radius 1 is 0.667 bits per heavy atom. The summed E-state index contributed by atoms with van der Waals surface area (Å²) in [5.74, 6) is 2.99. The summed E-state index contributed by atoms with van der Waals surface area (Å²) in [7, 11) is 0. The van der Waals surface area contributed by atoms with Crippen LogP contribution in [-0.2, 0) is 4.74 Å². The molecule has 1 nitrogen and oxygen atoms in total. The summed E-state index contributed by atoms with van der Waals surface area (Å²) in [6, 6.07) is 0. The van der Waals surface area contributed by atoms with Crippen molar-refractivity contribution in [1.29, 1.82) is 0 Å².